The van der Waals surface area contributed by atoms with Crippen molar-refractivity contribution < 1.29 is 9.53 Å². The molecular formula is C19H30N2O2S. The van der Waals surface area contributed by atoms with E-state index in [9.17, 15) is 4.79 Å². The molecule has 0 aromatic carbocycles. The molecule has 1 fully saturated rings. The van der Waals surface area contributed by atoms with Crippen molar-refractivity contribution in [1.82, 2.24) is 10.2 Å². The average molecular weight is 351 g/mol. The Morgan fingerprint density at radius 3 is 2.79 bits per heavy atom. The van der Waals surface area contributed by atoms with Gasteiger partial charge in [-0.3, -0.25) is 9.69 Å². The van der Waals surface area contributed by atoms with Crippen LogP contribution >= 0.6 is 11.3 Å². The van der Waals surface area contributed by atoms with Gasteiger partial charge in [0, 0.05) is 30.6 Å². The summed E-state index contributed by atoms with van der Waals surface area (Å²) < 4.78 is 5.79. The monoisotopic (exact) mass is 350 g/mol. The quantitative estimate of drug-likeness (QED) is 0.907. The molecule has 1 aliphatic heterocycles. The molecule has 4 nitrogen and oxygen atoms in total. The fraction of sp³-hybridized carbons (Fsp3) is 0.737. The maximum Gasteiger partial charge on any atom is 0.261 e. The highest BCUT2D eigenvalue weighted by atomic mass is 32.1. The zero-order valence-electron chi connectivity index (χ0n) is 15.3. The number of carbonyl (C=O) groups excluding carboxylic acids is 1. The molecule has 4 atom stereocenters. The highest BCUT2D eigenvalue weighted by Gasteiger charge is 2.26. The third-order valence-corrected chi connectivity index (χ3v) is 6.42. The number of aryl methyl sites for hydroxylation is 1. The number of hydrogen-bond donors (Lipinski definition) is 1. The van der Waals surface area contributed by atoms with Gasteiger partial charge in [-0.2, -0.15) is 0 Å². The molecule has 1 saturated heterocycles. The van der Waals surface area contributed by atoms with E-state index in [1.807, 2.05) is 0 Å². The molecule has 1 aliphatic carbocycles. The molecule has 3 rings (SSSR count). The largest absolute Gasteiger partial charge is 0.373 e. The van der Waals surface area contributed by atoms with Gasteiger partial charge in [-0.05, 0) is 57.6 Å². The molecule has 4 unspecified atom stereocenters. The van der Waals surface area contributed by atoms with E-state index in [2.05, 4.69) is 44.0 Å². The fourth-order valence-electron chi connectivity index (χ4n) is 3.85. The van der Waals surface area contributed by atoms with E-state index in [0.717, 1.165) is 36.7 Å². The number of fused-ring (bicyclic) bond motifs is 1. The van der Waals surface area contributed by atoms with Crippen molar-refractivity contribution in [3.05, 3.63) is 21.4 Å². The third kappa shape index (κ3) is 4.19. The van der Waals surface area contributed by atoms with Crippen molar-refractivity contribution in [2.24, 2.45) is 5.92 Å². The molecule has 0 radical (unpaired) electrons. The van der Waals surface area contributed by atoms with Crippen LogP contribution in [-0.4, -0.2) is 48.7 Å². The first-order valence-corrected chi connectivity index (χ1v) is 10.0. The summed E-state index contributed by atoms with van der Waals surface area (Å²) in [5, 5.41) is 3.14. The number of morpholine rings is 1. The summed E-state index contributed by atoms with van der Waals surface area (Å²) in [5.41, 5.74) is 1.40. The minimum absolute atomic E-state index is 0.0864. The normalized spacial score (nSPS) is 29.1. The van der Waals surface area contributed by atoms with Crippen molar-refractivity contribution in [1.29, 1.82) is 0 Å². The van der Waals surface area contributed by atoms with Crippen molar-refractivity contribution in [2.75, 3.05) is 19.6 Å². The maximum atomic E-state index is 12.5. The molecule has 24 heavy (non-hydrogen) atoms. The summed E-state index contributed by atoms with van der Waals surface area (Å²) in [7, 11) is 0. The Kier molecular flexibility index (Phi) is 5.63. The van der Waals surface area contributed by atoms with Crippen LogP contribution in [0, 0.1) is 5.92 Å². The lowest BCUT2D eigenvalue weighted by Crippen LogP contribution is -2.52. The number of carbonyl (C=O) groups is 1. The minimum Gasteiger partial charge on any atom is -0.373 e. The van der Waals surface area contributed by atoms with Crippen molar-refractivity contribution in [3.63, 3.8) is 0 Å². The van der Waals surface area contributed by atoms with Crippen molar-refractivity contribution in [2.45, 2.75) is 65.2 Å². The van der Waals surface area contributed by atoms with Crippen LogP contribution in [0.4, 0.5) is 0 Å². The predicted molar refractivity (Wildman–Crippen MR) is 98.9 cm³/mol. The van der Waals surface area contributed by atoms with Gasteiger partial charge in [-0.15, -0.1) is 11.3 Å². The zero-order valence-corrected chi connectivity index (χ0v) is 16.1. The van der Waals surface area contributed by atoms with Crippen LogP contribution in [0.3, 0.4) is 0 Å². The van der Waals surface area contributed by atoms with Gasteiger partial charge in [0.25, 0.3) is 5.91 Å². The van der Waals surface area contributed by atoms with Gasteiger partial charge < -0.3 is 10.1 Å². The number of hydrogen-bond acceptors (Lipinski definition) is 4. The molecule has 1 amide bonds. The first kappa shape index (κ1) is 17.9. The summed E-state index contributed by atoms with van der Waals surface area (Å²) in [4.78, 5) is 17.2. The van der Waals surface area contributed by atoms with Gasteiger partial charge in [0.15, 0.2) is 0 Å². The highest BCUT2D eigenvalue weighted by Crippen LogP contribution is 2.32. The molecule has 2 aliphatic rings. The van der Waals surface area contributed by atoms with E-state index in [1.165, 1.54) is 16.9 Å². The number of thiophene rings is 1. The molecular weight excluding hydrogens is 320 g/mol. The topological polar surface area (TPSA) is 41.6 Å². The standard InChI is InChI=1S/C19H30N2O2S/c1-12-5-6-17-16(7-12)8-18(24-17)19(22)20-9-13(2)21-10-14(3)23-15(4)11-21/h8,12-15H,5-7,9-11H2,1-4H3,(H,20,22). The Morgan fingerprint density at radius 1 is 1.38 bits per heavy atom. The van der Waals surface area contributed by atoms with Crippen LogP contribution in [0.1, 0.15) is 54.2 Å². The maximum absolute atomic E-state index is 12.5. The first-order chi connectivity index (χ1) is 11.4. The smallest absolute Gasteiger partial charge is 0.261 e. The van der Waals surface area contributed by atoms with Crippen LogP contribution in [0.5, 0.6) is 0 Å². The van der Waals surface area contributed by atoms with E-state index in [0.29, 0.717) is 12.6 Å². The van der Waals surface area contributed by atoms with Crippen LogP contribution in [-0.2, 0) is 17.6 Å². The number of nitrogens with zero attached hydrogens (tertiary/aromatic N) is 1. The third-order valence-electron chi connectivity index (χ3n) is 5.18. The van der Waals surface area contributed by atoms with Gasteiger partial charge >= 0.3 is 0 Å². The summed E-state index contributed by atoms with van der Waals surface area (Å²) >= 11 is 1.69. The second-order valence-corrected chi connectivity index (χ2v) is 8.81. The van der Waals surface area contributed by atoms with E-state index >= 15 is 0 Å². The Morgan fingerprint density at radius 2 is 2.08 bits per heavy atom. The molecule has 0 saturated carbocycles. The number of amides is 1. The molecule has 0 spiro atoms. The Bertz CT molecular complexity index is 576. The molecule has 1 aromatic heterocycles. The van der Waals surface area contributed by atoms with E-state index < -0.39 is 0 Å². The molecule has 0 bridgehead atoms. The Hall–Kier alpha value is -0.910. The number of rotatable bonds is 4. The lowest BCUT2D eigenvalue weighted by molar-refractivity contribution is -0.0778. The van der Waals surface area contributed by atoms with Gasteiger partial charge in [-0.1, -0.05) is 6.92 Å². The SMILES string of the molecule is CC1CCc2sc(C(=O)NCC(C)N3CC(C)OC(C)C3)cc2C1. The Balaban J connectivity index is 1.54. The minimum atomic E-state index is 0.0864. The van der Waals surface area contributed by atoms with Crippen molar-refractivity contribution in [3.8, 4) is 0 Å². The number of ether oxygens (including phenoxy) is 1. The highest BCUT2D eigenvalue weighted by molar-refractivity contribution is 7.14. The van der Waals surface area contributed by atoms with Crippen LogP contribution in [0.25, 0.3) is 0 Å². The van der Waals surface area contributed by atoms with Gasteiger partial charge in [-0.25, -0.2) is 0 Å². The number of nitrogens with one attached hydrogen (secondary N) is 1. The molecule has 5 heteroatoms. The lowest BCUT2D eigenvalue weighted by atomic mass is 9.90. The molecule has 2 heterocycles. The van der Waals surface area contributed by atoms with Gasteiger partial charge in [0.05, 0.1) is 17.1 Å². The van der Waals surface area contributed by atoms with Crippen LogP contribution in [0.15, 0.2) is 6.07 Å². The van der Waals surface area contributed by atoms with E-state index in [-0.39, 0.29) is 18.1 Å². The zero-order chi connectivity index (χ0) is 17.3. The van der Waals surface area contributed by atoms with Gasteiger partial charge in [0.2, 0.25) is 0 Å². The summed E-state index contributed by atoms with van der Waals surface area (Å²) in [6, 6.07) is 2.45. The average Bonchev–Trinajstić information content (AvgIpc) is 2.94. The summed E-state index contributed by atoms with van der Waals surface area (Å²) in [6.07, 6.45) is 4.03. The fourth-order valence-corrected chi connectivity index (χ4v) is 4.98. The second-order valence-electron chi connectivity index (χ2n) is 7.68. The molecule has 1 aromatic rings. The second kappa shape index (κ2) is 7.54. The Labute approximate surface area is 149 Å². The van der Waals surface area contributed by atoms with Crippen LogP contribution in [0.2, 0.25) is 0 Å². The first-order valence-electron chi connectivity index (χ1n) is 9.21. The van der Waals surface area contributed by atoms with Gasteiger partial charge in [0.1, 0.15) is 0 Å². The van der Waals surface area contributed by atoms with E-state index in [4.69, 9.17) is 4.74 Å². The summed E-state index contributed by atoms with van der Waals surface area (Å²) in [6.45, 7) is 11.3. The molecule has 134 valence electrons. The van der Waals surface area contributed by atoms with Crippen molar-refractivity contribution >= 4 is 17.2 Å². The summed E-state index contributed by atoms with van der Waals surface area (Å²) in [5.74, 6) is 0.830. The van der Waals surface area contributed by atoms with E-state index in [1.54, 1.807) is 11.3 Å². The predicted octanol–water partition coefficient (Wildman–Crippen LogP) is 3.10. The lowest BCUT2D eigenvalue weighted by Gasteiger charge is -2.38. The molecule has 1 N–H and O–H groups in total. The van der Waals surface area contributed by atoms with Crippen LogP contribution < -0.4 is 5.32 Å².